The van der Waals surface area contributed by atoms with Crippen LogP contribution in [0.25, 0.3) is 21.9 Å². The maximum Gasteiger partial charge on any atom is 0.309 e. The van der Waals surface area contributed by atoms with Gasteiger partial charge >= 0.3 is 6.01 Å². The van der Waals surface area contributed by atoms with Crippen molar-refractivity contribution in [3.8, 4) is 10.8 Å². The molecule has 0 spiro atoms. The molecular weight excluding hydrogens is 374 g/mol. The molecule has 3 heterocycles. The quantitative estimate of drug-likeness (QED) is 0.573. The molecule has 4 aromatic rings. The number of oxazole rings is 2. The highest BCUT2D eigenvalue weighted by Gasteiger charge is 2.21. The summed E-state index contributed by atoms with van der Waals surface area (Å²) in [6, 6.07) is 7.80. The summed E-state index contributed by atoms with van der Waals surface area (Å²) in [4.78, 5) is 8.66. The Labute approximate surface area is 145 Å². The zero-order valence-electron chi connectivity index (χ0n) is 11.8. The number of halogens is 1. The molecule has 4 rings (SSSR count). The number of nitrogens with zero attached hydrogens (tertiary/aromatic N) is 2. The number of nitrogens with one attached hydrogen (secondary N) is 1. The Bertz CT molecular complexity index is 1120. The molecular formula is C14H8ClN3O4S2. The number of rotatable bonds is 4. The van der Waals surface area contributed by atoms with Crippen LogP contribution in [0.3, 0.4) is 0 Å². The molecule has 0 unspecified atom stereocenters. The Morgan fingerprint density at radius 2 is 2.08 bits per heavy atom. The first-order valence-electron chi connectivity index (χ1n) is 6.60. The molecule has 3 aromatic heterocycles. The second kappa shape index (κ2) is 5.62. The SMILES string of the molecule is O=S(=O)(Nc1nc2cc(Cl)ccc2o1)c1ccc(-c2ncco2)s1. The second-order valence-corrected chi connectivity index (χ2v) is 8.12. The predicted octanol–water partition coefficient (Wildman–Crippen LogP) is 4.00. The fourth-order valence-corrected chi connectivity index (χ4v) is 4.38. The summed E-state index contributed by atoms with van der Waals surface area (Å²) >= 11 is 6.90. The van der Waals surface area contributed by atoms with Gasteiger partial charge in [0.1, 0.15) is 16.0 Å². The Kier molecular flexibility index (Phi) is 3.56. The monoisotopic (exact) mass is 381 g/mol. The first-order chi connectivity index (χ1) is 11.5. The van der Waals surface area contributed by atoms with Crippen LogP contribution in [-0.2, 0) is 10.0 Å². The third-order valence-electron chi connectivity index (χ3n) is 3.06. The molecule has 0 fully saturated rings. The van der Waals surface area contributed by atoms with Crippen LogP contribution >= 0.6 is 22.9 Å². The molecule has 0 saturated carbocycles. The Hall–Kier alpha value is -2.36. The van der Waals surface area contributed by atoms with Crippen LogP contribution in [0, 0.1) is 0 Å². The van der Waals surface area contributed by atoms with Gasteiger partial charge in [0.05, 0.1) is 11.1 Å². The lowest BCUT2D eigenvalue weighted by molar-refractivity contribution is 0.576. The largest absolute Gasteiger partial charge is 0.444 e. The van der Waals surface area contributed by atoms with Crippen LogP contribution in [0.15, 0.2) is 55.8 Å². The molecule has 0 aliphatic heterocycles. The lowest BCUT2D eigenvalue weighted by Crippen LogP contribution is -2.11. The van der Waals surface area contributed by atoms with Crippen LogP contribution < -0.4 is 4.72 Å². The summed E-state index contributed by atoms with van der Waals surface area (Å²) in [5.41, 5.74) is 0.899. The standard InChI is InChI=1S/C14H8ClN3O4S2/c15-8-1-2-10-9(7-8)17-14(22-10)18-24(19,20)12-4-3-11(23-12)13-16-5-6-21-13/h1-7H,(H,17,18). The molecule has 7 nitrogen and oxygen atoms in total. The Morgan fingerprint density at radius 1 is 1.21 bits per heavy atom. The van der Waals surface area contributed by atoms with Crippen molar-refractivity contribution < 1.29 is 17.3 Å². The highest BCUT2D eigenvalue weighted by atomic mass is 35.5. The van der Waals surface area contributed by atoms with E-state index in [0.717, 1.165) is 11.3 Å². The van der Waals surface area contributed by atoms with Crippen LogP contribution in [0.2, 0.25) is 5.02 Å². The third kappa shape index (κ3) is 2.77. The van der Waals surface area contributed by atoms with E-state index < -0.39 is 10.0 Å². The second-order valence-electron chi connectivity index (χ2n) is 4.69. The average Bonchev–Trinajstić information content (AvgIpc) is 3.26. The summed E-state index contributed by atoms with van der Waals surface area (Å²) < 4.78 is 37.8. The maximum absolute atomic E-state index is 12.5. The molecule has 0 radical (unpaired) electrons. The summed E-state index contributed by atoms with van der Waals surface area (Å²) in [7, 11) is -3.83. The van der Waals surface area contributed by atoms with Crippen molar-refractivity contribution in [2.45, 2.75) is 4.21 Å². The maximum atomic E-state index is 12.5. The number of anilines is 1. The Morgan fingerprint density at radius 3 is 2.88 bits per heavy atom. The molecule has 0 saturated heterocycles. The van der Waals surface area contributed by atoms with E-state index in [1.165, 1.54) is 18.5 Å². The van der Waals surface area contributed by atoms with Crippen LogP contribution in [-0.4, -0.2) is 18.4 Å². The molecule has 0 atom stereocenters. The number of benzene rings is 1. The number of hydrogen-bond donors (Lipinski definition) is 1. The smallest absolute Gasteiger partial charge is 0.309 e. The number of aromatic nitrogens is 2. The molecule has 24 heavy (non-hydrogen) atoms. The molecule has 0 aliphatic rings. The van der Waals surface area contributed by atoms with Gasteiger partial charge in [0.25, 0.3) is 10.0 Å². The predicted molar refractivity (Wildman–Crippen MR) is 89.6 cm³/mol. The zero-order valence-corrected chi connectivity index (χ0v) is 14.2. The molecule has 1 N–H and O–H groups in total. The molecule has 0 amide bonds. The topological polar surface area (TPSA) is 98.2 Å². The molecule has 122 valence electrons. The highest BCUT2D eigenvalue weighted by molar-refractivity contribution is 7.94. The number of hydrogen-bond acceptors (Lipinski definition) is 7. The summed E-state index contributed by atoms with van der Waals surface area (Å²) in [6.45, 7) is 0. The lowest BCUT2D eigenvalue weighted by atomic mass is 10.3. The van der Waals surface area contributed by atoms with Crippen molar-refractivity contribution in [1.82, 2.24) is 9.97 Å². The van der Waals surface area contributed by atoms with Crippen molar-refractivity contribution in [3.63, 3.8) is 0 Å². The highest BCUT2D eigenvalue weighted by Crippen LogP contribution is 2.31. The van der Waals surface area contributed by atoms with E-state index in [0.29, 0.717) is 26.9 Å². The van der Waals surface area contributed by atoms with Gasteiger partial charge in [-0.25, -0.2) is 18.1 Å². The van der Waals surface area contributed by atoms with Gasteiger partial charge in [0, 0.05) is 5.02 Å². The molecule has 0 aliphatic carbocycles. The fraction of sp³-hybridized carbons (Fsp3) is 0. The Balaban J connectivity index is 1.64. The van der Waals surface area contributed by atoms with E-state index in [1.807, 2.05) is 0 Å². The van der Waals surface area contributed by atoms with Crippen molar-refractivity contribution >= 4 is 50.1 Å². The minimum Gasteiger partial charge on any atom is -0.444 e. The van der Waals surface area contributed by atoms with Crippen molar-refractivity contribution in [3.05, 3.63) is 47.8 Å². The van der Waals surface area contributed by atoms with Gasteiger partial charge in [-0.2, -0.15) is 4.98 Å². The van der Waals surface area contributed by atoms with Crippen molar-refractivity contribution in [2.24, 2.45) is 0 Å². The third-order valence-corrected chi connectivity index (χ3v) is 6.18. The van der Waals surface area contributed by atoms with E-state index in [9.17, 15) is 8.42 Å². The minimum absolute atomic E-state index is 0.0935. The normalized spacial score (nSPS) is 11.9. The summed E-state index contributed by atoms with van der Waals surface area (Å²) in [6.07, 6.45) is 2.91. The summed E-state index contributed by atoms with van der Waals surface area (Å²) in [5.74, 6) is 0.359. The minimum atomic E-state index is -3.83. The van der Waals surface area contributed by atoms with Gasteiger partial charge in [-0.15, -0.1) is 11.3 Å². The van der Waals surface area contributed by atoms with E-state index in [2.05, 4.69) is 14.7 Å². The lowest BCUT2D eigenvalue weighted by Gasteiger charge is -2.00. The van der Waals surface area contributed by atoms with Gasteiger partial charge in [0.15, 0.2) is 5.58 Å². The number of thiophene rings is 1. The fourth-order valence-electron chi connectivity index (χ4n) is 2.03. The number of sulfonamides is 1. The zero-order chi connectivity index (χ0) is 16.7. The average molecular weight is 382 g/mol. The molecule has 10 heteroatoms. The summed E-state index contributed by atoms with van der Waals surface area (Å²) in [5, 5.41) is 0.485. The van der Waals surface area contributed by atoms with E-state index >= 15 is 0 Å². The van der Waals surface area contributed by atoms with E-state index in [-0.39, 0.29) is 10.2 Å². The van der Waals surface area contributed by atoms with Gasteiger partial charge in [-0.1, -0.05) is 11.6 Å². The van der Waals surface area contributed by atoms with Gasteiger partial charge < -0.3 is 8.83 Å². The van der Waals surface area contributed by atoms with Gasteiger partial charge in [-0.3, -0.25) is 0 Å². The van der Waals surface area contributed by atoms with Crippen molar-refractivity contribution in [1.29, 1.82) is 0 Å². The first-order valence-corrected chi connectivity index (χ1v) is 9.28. The van der Waals surface area contributed by atoms with Gasteiger partial charge in [0.2, 0.25) is 5.89 Å². The van der Waals surface area contributed by atoms with Gasteiger partial charge in [-0.05, 0) is 30.3 Å². The van der Waals surface area contributed by atoms with E-state index in [1.54, 1.807) is 24.3 Å². The first kappa shape index (κ1) is 15.2. The number of fused-ring (bicyclic) bond motifs is 1. The van der Waals surface area contributed by atoms with Crippen molar-refractivity contribution in [2.75, 3.05) is 4.72 Å². The molecule has 0 bridgehead atoms. The van der Waals surface area contributed by atoms with Crippen LogP contribution in [0.1, 0.15) is 0 Å². The van der Waals surface area contributed by atoms with Crippen LogP contribution in [0.5, 0.6) is 0 Å². The molecule has 1 aromatic carbocycles. The van der Waals surface area contributed by atoms with Crippen LogP contribution in [0.4, 0.5) is 6.01 Å². The van der Waals surface area contributed by atoms with E-state index in [4.69, 9.17) is 20.4 Å².